The summed E-state index contributed by atoms with van der Waals surface area (Å²) < 4.78 is 31.8. The maximum atomic E-state index is 13.0. The number of hydrogen-bond acceptors (Lipinski definition) is 3. The topological polar surface area (TPSA) is 43.4 Å². The first kappa shape index (κ1) is 28.4. The smallest absolute Gasteiger partial charge is 0.263 e. The molecule has 8 atom stereocenters. The molecule has 1 aromatic carbocycles. The van der Waals surface area contributed by atoms with Crippen LogP contribution in [0.4, 0.5) is 0 Å². The van der Waals surface area contributed by atoms with Crippen molar-refractivity contribution >= 4 is 10.1 Å². The van der Waals surface area contributed by atoms with Crippen molar-refractivity contribution in [2.24, 2.45) is 46.3 Å². The number of allylic oxidation sites excluding steroid dienone is 1. The van der Waals surface area contributed by atoms with E-state index in [0.29, 0.717) is 5.41 Å². The second-order valence-electron chi connectivity index (χ2n) is 14.5. The molecule has 1 aromatic rings. The fraction of sp³-hybridized carbons (Fsp3) is 0.765. The molecule has 0 amide bonds. The van der Waals surface area contributed by atoms with Crippen molar-refractivity contribution in [3.05, 3.63) is 41.5 Å². The van der Waals surface area contributed by atoms with Crippen LogP contribution in [0.15, 0.2) is 40.8 Å². The van der Waals surface area contributed by atoms with Gasteiger partial charge < -0.3 is 0 Å². The van der Waals surface area contributed by atoms with E-state index in [0.717, 1.165) is 60.3 Å². The first-order chi connectivity index (χ1) is 17.9. The molecule has 3 nitrogen and oxygen atoms in total. The lowest BCUT2D eigenvalue weighted by atomic mass is 9.47. The quantitative estimate of drug-likeness (QED) is 0.244. The Hall–Kier alpha value is -1.13. The minimum atomic E-state index is -3.73. The third kappa shape index (κ3) is 5.18. The van der Waals surface area contributed by atoms with E-state index >= 15 is 0 Å². The van der Waals surface area contributed by atoms with Crippen molar-refractivity contribution in [2.45, 2.75) is 123 Å². The molecule has 0 bridgehead atoms. The van der Waals surface area contributed by atoms with Gasteiger partial charge in [-0.3, -0.25) is 4.18 Å². The monoisotopic (exact) mass is 540 g/mol. The average molecular weight is 541 g/mol. The van der Waals surface area contributed by atoms with Gasteiger partial charge in [-0.05, 0) is 117 Å². The van der Waals surface area contributed by atoms with Gasteiger partial charge in [0.1, 0.15) is 0 Å². The molecule has 0 aliphatic heterocycles. The Morgan fingerprint density at radius 1 is 0.947 bits per heavy atom. The summed E-state index contributed by atoms with van der Waals surface area (Å²) in [5, 5.41) is 0. The molecule has 4 aliphatic rings. The number of hydrogen-bond donors (Lipinski definition) is 0. The zero-order chi connectivity index (χ0) is 27.3. The Balaban J connectivity index is 1.27. The van der Waals surface area contributed by atoms with Gasteiger partial charge in [-0.1, -0.05) is 83.2 Å². The van der Waals surface area contributed by atoms with Crippen molar-refractivity contribution in [3.8, 4) is 0 Å². The Morgan fingerprint density at radius 3 is 2.39 bits per heavy atom. The SMILES string of the molecule is Cc1ccc(S(=O)(=O)O[C@H]2CC[C@@]3(C)C(=CC[C@H]4[C@@H]5CC[C@H]([C@@H](C)CCCC(C)C)[C@@]5(C)CC[C@@H]43)C2)cc1. The predicted molar refractivity (Wildman–Crippen MR) is 156 cm³/mol. The van der Waals surface area contributed by atoms with Crippen molar-refractivity contribution in [3.63, 3.8) is 0 Å². The van der Waals surface area contributed by atoms with Crippen LogP contribution in [-0.2, 0) is 14.3 Å². The highest BCUT2D eigenvalue weighted by molar-refractivity contribution is 7.86. The average Bonchev–Trinajstić information content (AvgIpc) is 3.21. The molecule has 212 valence electrons. The molecule has 3 fully saturated rings. The van der Waals surface area contributed by atoms with Gasteiger partial charge in [-0.2, -0.15) is 8.42 Å². The van der Waals surface area contributed by atoms with Crippen molar-refractivity contribution in [2.75, 3.05) is 0 Å². The highest BCUT2D eigenvalue weighted by Crippen LogP contribution is 2.67. The molecule has 0 spiro atoms. The molecule has 4 aliphatic carbocycles. The van der Waals surface area contributed by atoms with Gasteiger partial charge in [0.25, 0.3) is 10.1 Å². The predicted octanol–water partition coefficient (Wildman–Crippen LogP) is 9.11. The lowest BCUT2D eigenvalue weighted by Crippen LogP contribution is -2.51. The van der Waals surface area contributed by atoms with E-state index in [9.17, 15) is 8.42 Å². The number of aryl methyl sites for hydroxylation is 1. The second-order valence-corrected chi connectivity index (χ2v) is 16.1. The first-order valence-electron chi connectivity index (χ1n) is 15.6. The molecule has 0 N–H and O–H groups in total. The van der Waals surface area contributed by atoms with Crippen LogP contribution in [0.25, 0.3) is 0 Å². The van der Waals surface area contributed by atoms with Gasteiger partial charge >= 0.3 is 0 Å². The summed E-state index contributed by atoms with van der Waals surface area (Å²) >= 11 is 0. The Bertz CT molecular complexity index is 1120. The molecule has 0 radical (unpaired) electrons. The highest BCUT2D eigenvalue weighted by atomic mass is 32.2. The van der Waals surface area contributed by atoms with E-state index in [2.05, 4.69) is 40.7 Å². The lowest BCUT2D eigenvalue weighted by molar-refractivity contribution is -0.0556. The molecular weight excluding hydrogens is 488 g/mol. The van der Waals surface area contributed by atoms with Crippen LogP contribution in [-0.4, -0.2) is 14.5 Å². The summed E-state index contributed by atoms with van der Waals surface area (Å²) in [5.74, 6) is 4.93. The summed E-state index contributed by atoms with van der Waals surface area (Å²) in [4.78, 5) is 0.273. The van der Waals surface area contributed by atoms with Gasteiger partial charge in [-0.25, -0.2) is 0 Å². The van der Waals surface area contributed by atoms with E-state index in [4.69, 9.17) is 4.18 Å². The fourth-order valence-electron chi connectivity index (χ4n) is 9.67. The molecule has 3 saturated carbocycles. The highest BCUT2D eigenvalue weighted by Gasteiger charge is 2.59. The molecular formula is C34H52O3S. The van der Waals surface area contributed by atoms with E-state index in [1.807, 2.05) is 19.1 Å². The molecule has 4 heteroatoms. The van der Waals surface area contributed by atoms with Crippen molar-refractivity contribution in [1.29, 1.82) is 0 Å². The minimum Gasteiger partial charge on any atom is -0.263 e. The summed E-state index contributed by atoms with van der Waals surface area (Å²) in [6.07, 6.45) is 15.8. The summed E-state index contributed by atoms with van der Waals surface area (Å²) in [7, 11) is -3.73. The third-order valence-corrected chi connectivity index (χ3v) is 13.2. The van der Waals surface area contributed by atoms with Crippen LogP contribution in [0.1, 0.15) is 111 Å². The zero-order valence-corrected chi connectivity index (χ0v) is 25.7. The van der Waals surface area contributed by atoms with Crippen LogP contribution in [0.3, 0.4) is 0 Å². The number of benzene rings is 1. The number of fused-ring (bicyclic) bond motifs is 5. The normalized spacial score (nSPS) is 37.8. The van der Waals surface area contributed by atoms with E-state index < -0.39 is 10.1 Å². The van der Waals surface area contributed by atoms with Gasteiger partial charge in [0, 0.05) is 0 Å². The molecule has 0 unspecified atom stereocenters. The molecule has 38 heavy (non-hydrogen) atoms. The molecule has 0 saturated heterocycles. The van der Waals surface area contributed by atoms with Gasteiger partial charge in [-0.15, -0.1) is 0 Å². The number of rotatable bonds is 8. The lowest BCUT2D eigenvalue weighted by Gasteiger charge is -2.58. The van der Waals surface area contributed by atoms with Crippen LogP contribution >= 0.6 is 0 Å². The van der Waals surface area contributed by atoms with Crippen LogP contribution in [0.2, 0.25) is 0 Å². The Labute approximate surface area is 233 Å². The maximum Gasteiger partial charge on any atom is 0.297 e. The summed E-state index contributed by atoms with van der Waals surface area (Å²) in [6, 6.07) is 7.02. The van der Waals surface area contributed by atoms with E-state index in [-0.39, 0.29) is 16.4 Å². The largest absolute Gasteiger partial charge is 0.297 e. The van der Waals surface area contributed by atoms with Crippen LogP contribution in [0.5, 0.6) is 0 Å². The zero-order valence-electron chi connectivity index (χ0n) is 24.8. The molecule has 5 rings (SSSR count). The minimum absolute atomic E-state index is 0.207. The second kappa shape index (κ2) is 10.7. The standard InChI is InChI=1S/C34H52O3S/c1-23(2)8-7-9-25(4)30-16-17-31-29-15-12-26-22-27(37-38(35,36)28-13-10-24(3)11-14-28)18-20-33(26,5)32(29)19-21-34(30,31)6/h10-14,23,25,27,29-32H,7-9,15-22H2,1-6H3/t25-,27-,29-,30+,31-,32-,33-,34+/m0/s1. The Kier molecular flexibility index (Phi) is 7.99. The molecule has 0 aromatic heterocycles. The van der Waals surface area contributed by atoms with E-state index in [1.54, 1.807) is 12.1 Å². The fourth-order valence-corrected chi connectivity index (χ4v) is 10.8. The van der Waals surface area contributed by atoms with Gasteiger partial charge in [0.2, 0.25) is 0 Å². The third-order valence-electron chi connectivity index (χ3n) is 11.8. The maximum absolute atomic E-state index is 13.0. The van der Waals surface area contributed by atoms with Crippen molar-refractivity contribution in [1.82, 2.24) is 0 Å². The van der Waals surface area contributed by atoms with Crippen molar-refractivity contribution < 1.29 is 12.6 Å². The summed E-state index contributed by atoms with van der Waals surface area (Å²) in [6.45, 7) is 14.4. The van der Waals surface area contributed by atoms with Crippen LogP contribution < -0.4 is 0 Å². The summed E-state index contributed by atoms with van der Waals surface area (Å²) in [5.41, 5.74) is 3.24. The Morgan fingerprint density at radius 2 is 1.68 bits per heavy atom. The first-order valence-corrected chi connectivity index (χ1v) is 17.0. The molecule has 0 heterocycles. The van der Waals surface area contributed by atoms with Gasteiger partial charge in [0.05, 0.1) is 11.0 Å². The van der Waals surface area contributed by atoms with Gasteiger partial charge in [0.15, 0.2) is 0 Å². The van der Waals surface area contributed by atoms with E-state index in [1.165, 1.54) is 56.9 Å². The van der Waals surface area contributed by atoms with Crippen LogP contribution in [0, 0.1) is 53.3 Å².